The fraction of sp³-hybridized carbons (Fsp3) is 0.200. The number of benzene rings is 1. The smallest absolute Gasteiger partial charge is 0.313 e. The molecule has 0 bridgehead atoms. The highest BCUT2D eigenvalue weighted by molar-refractivity contribution is 9.10. The van der Waals surface area contributed by atoms with Crippen LogP contribution in [0.4, 0.5) is 4.39 Å². The van der Waals surface area contributed by atoms with Gasteiger partial charge < -0.3 is 4.74 Å². The largest absolute Gasteiger partial charge is 0.469 e. The Morgan fingerprint density at radius 2 is 2.13 bits per heavy atom. The van der Waals surface area contributed by atoms with Crippen molar-refractivity contribution in [2.75, 3.05) is 7.11 Å². The summed E-state index contributed by atoms with van der Waals surface area (Å²) in [7, 11) is 1.20. The van der Waals surface area contributed by atoms with E-state index in [2.05, 4.69) is 20.7 Å². The molecule has 15 heavy (non-hydrogen) atoms. The first-order valence-corrected chi connectivity index (χ1v) is 4.89. The van der Waals surface area contributed by atoms with Gasteiger partial charge in [0.2, 0.25) is 0 Å². The van der Waals surface area contributed by atoms with E-state index in [0.29, 0.717) is 0 Å². The normalized spacial score (nSPS) is 9.80. The molecule has 0 heterocycles. The topological polar surface area (TPSA) is 43.4 Å². The molecular weight excluding hydrogens is 267 g/mol. The SMILES string of the molecule is COC(=O)CC(=O)c1ccc(F)c(Br)c1. The molecule has 0 N–H and O–H groups in total. The number of hydrogen-bond acceptors (Lipinski definition) is 3. The Hall–Kier alpha value is -1.23. The standard InChI is InChI=1S/C10H8BrFO3/c1-15-10(14)5-9(13)6-2-3-8(12)7(11)4-6/h2-4H,5H2,1H3. The zero-order chi connectivity index (χ0) is 11.4. The van der Waals surface area contributed by atoms with E-state index in [-0.39, 0.29) is 16.5 Å². The molecule has 0 radical (unpaired) electrons. The average Bonchev–Trinajstić information content (AvgIpc) is 2.21. The average molecular weight is 275 g/mol. The van der Waals surface area contributed by atoms with Crippen LogP contribution >= 0.6 is 15.9 Å². The molecule has 0 saturated heterocycles. The minimum atomic E-state index is -0.611. The third kappa shape index (κ3) is 3.13. The van der Waals surface area contributed by atoms with E-state index in [1.807, 2.05) is 0 Å². The molecule has 5 heteroatoms. The van der Waals surface area contributed by atoms with E-state index in [1.165, 1.54) is 19.2 Å². The summed E-state index contributed by atoms with van der Waals surface area (Å²) in [5, 5.41) is 0. The van der Waals surface area contributed by atoms with Gasteiger partial charge in [0.1, 0.15) is 12.2 Å². The molecule has 80 valence electrons. The lowest BCUT2D eigenvalue weighted by molar-refractivity contribution is -0.139. The number of rotatable bonds is 3. The zero-order valence-electron chi connectivity index (χ0n) is 7.92. The number of carbonyl (C=O) groups excluding carboxylic acids is 2. The van der Waals surface area contributed by atoms with E-state index in [4.69, 9.17) is 0 Å². The Bertz CT molecular complexity index is 404. The molecule has 3 nitrogen and oxygen atoms in total. The molecule has 0 aliphatic carbocycles. The monoisotopic (exact) mass is 274 g/mol. The van der Waals surface area contributed by atoms with Crippen LogP contribution in [0.15, 0.2) is 22.7 Å². The highest BCUT2D eigenvalue weighted by Crippen LogP contribution is 2.17. The van der Waals surface area contributed by atoms with Crippen LogP contribution in [0.3, 0.4) is 0 Å². The maximum absolute atomic E-state index is 12.8. The van der Waals surface area contributed by atoms with Crippen molar-refractivity contribution in [2.45, 2.75) is 6.42 Å². The summed E-state index contributed by atoms with van der Waals surface area (Å²) >= 11 is 2.95. The van der Waals surface area contributed by atoms with Crippen molar-refractivity contribution < 1.29 is 18.7 Å². The van der Waals surface area contributed by atoms with Gasteiger partial charge in [-0.25, -0.2) is 4.39 Å². The molecule has 1 aromatic rings. The second kappa shape index (κ2) is 5.02. The highest BCUT2D eigenvalue weighted by Gasteiger charge is 2.13. The van der Waals surface area contributed by atoms with Crippen molar-refractivity contribution in [3.63, 3.8) is 0 Å². The Morgan fingerprint density at radius 3 is 2.67 bits per heavy atom. The van der Waals surface area contributed by atoms with Gasteiger partial charge in [-0.05, 0) is 34.1 Å². The molecule has 1 aromatic carbocycles. The summed E-state index contributed by atoms with van der Waals surface area (Å²) in [6.45, 7) is 0. The number of methoxy groups -OCH3 is 1. The Balaban J connectivity index is 2.83. The molecule has 0 saturated carbocycles. The fourth-order valence-electron chi connectivity index (χ4n) is 0.975. The first kappa shape index (κ1) is 11.8. The van der Waals surface area contributed by atoms with Crippen molar-refractivity contribution in [1.29, 1.82) is 0 Å². The Labute approximate surface area is 94.4 Å². The third-order valence-electron chi connectivity index (χ3n) is 1.77. The predicted molar refractivity (Wildman–Crippen MR) is 55.1 cm³/mol. The van der Waals surface area contributed by atoms with Crippen LogP contribution in [0.2, 0.25) is 0 Å². The van der Waals surface area contributed by atoms with Gasteiger partial charge >= 0.3 is 5.97 Å². The van der Waals surface area contributed by atoms with Crippen LogP contribution in [-0.2, 0) is 9.53 Å². The molecule has 0 fully saturated rings. The van der Waals surface area contributed by atoms with Gasteiger partial charge in [-0.3, -0.25) is 9.59 Å². The number of esters is 1. The molecule has 0 spiro atoms. The maximum atomic E-state index is 12.8. The third-order valence-corrected chi connectivity index (χ3v) is 2.38. The fourth-order valence-corrected chi connectivity index (χ4v) is 1.35. The van der Waals surface area contributed by atoms with Gasteiger partial charge in [0.25, 0.3) is 0 Å². The van der Waals surface area contributed by atoms with Crippen molar-refractivity contribution in [3.8, 4) is 0 Å². The quantitative estimate of drug-likeness (QED) is 0.483. The predicted octanol–water partition coefficient (Wildman–Crippen LogP) is 2.33. The van der Waals surface area contributed by atoms with Crippen LogP contribution in [0.25, 0.3) is 0 Å². The summed E-state index contributed by atoms with van der Waals surface area (Å²) in [5.41, 5.74) is 0.272. The molecule has 0 atom stereocenters. The van der Waals surface area contributed by atoms with Crippen molar-refractivity contribution in [3.05, 3.63) is 34.1 Å². The van der Waals surface area contributed by atoms with Gasteiger partial charge in [0, 0.05) is 5.56 Å². The number of Topliss-reactive ketones (excluding diaryl/α,β-unsaturated/α-hetero) is 1. The molecule has 0 amide bonds. The summed E-state index contributed by atoms with van der Waals surface area (Å²) in [4.78, 5) is 22.3. The molecule has 0 aromatic heterocycles. The molecule has 0 aliphatic heterocycles. The first-order chi connectivity index (χ1) is 7.04. The van der Waals surface area contributed by atoms with Crippen LogP contribution in [0.1, 0.15) is 16.8 Å². The van der Waals surface area contributed by atoms with Crippen molar-refractivity contribution in [1.82, 2.24) is 0 Å². The van der Waals surface area contributed by atoms with Crippen molar-refractivity contribution >= 4 is 27.7 Å². The first-order valence-electron chi connectivity index (χ1n) is 4.09. The van der Waals surface area contributed by atoms with Gasteiger partial charge in [-0.15, -0.1) is 0 Å². The molecule has 0 aliphatic rings. The number of carbonyl (C=O) groups is 2. The van der Waals surface area contributed by atoms with E-state index >= 15 is 0 Å². The van der Waals surface area contributed by atoms with Crippen LogP contribution < -0.4 is 0 Å². The van der Waals surface area contributed by atoms with E-state index in [9.17, 15) is 14.0 Å². The second-order valence-corrected chi connectivity index (χ2v) is 3.66. The summed E-state index contributed by atoms with van der Waals surface area (Å²) in [6, 6.07) is 3.82. The minimum absolute atomic E-state index is 0.193. The van der Waals surface area contributed by atoms with Crippen LogP contribution in [0.5, 0.6) is 0 Å². The minimum Gasteiger partial charge on any atom is -0.469 e. The van der Waals surface area contributed by atoms with Gasteiger partial charge in [-0.1, -0.05) is 0 Å². The van der Waals surface area contributed by atoms with Crippen LogP contribution in [0, 0.1) is 5.82 Å². The lowest BCUT2D eigenvalue weighted by Gasteiger charge is -2.01. The number of hydrogen-bond donors (Lipinski definition) is 0. The van der Waals surface area contributed by atoms with Gasteiger partial charge in [0.15, 0.2) is 5.78 Å². The number of halogens is 2. The van der Waals surface area contributed by atoms with Gasteiger partial charge in [-0.2, -0.15) is 0 Å². The number of ketones is 1. The lowest BCUT2D eigenvalue weighted by atomic mass is 10.1. The molecular formula is C10H8BrFO3. The number of ether oxygens (including phenoxy) is 1. The van der Waals surface area contributed by atoms with Gasteiger partial charge in [0.05, 0.1) is 11.6 Å². The Morgan fingerprint density at radius 1 is 1.47 bits per heavy atom. The molecule has 0 unspecified atom stereocenters. The zero-order valence-corrected chi connectivity index (χ0v) is 9.51. The second-order valence-electron chi connectivity index (χ2n) is 2.80. The summed E-state index contributed by atoms with van der Waals surface area (Å²) in [6.07, 6.45) is -0.339. The van der Waals surface area contributed by atoms with Crippen molar-refractivity contribution in [2.24, 2.45) is 0 Å². The molecule has 1 rings (SSSR count). The van der Waals surface area contributed by atoms with E-state index < -0.39 is 17.6 Å². The Kier molecular flexibility index (Phi) is 3.96. The highest BCUT2D eigenvalue weighted by atomic mass is 79.9. The maximum Gasteiger partial charge on any atom is 0.313 e. The van der Waals surface area contributed by atoms with E-state index in [0.717, 1.165) is 6.07 Å². The lowest BCUT2D eigenvalue weighted by Crippen LogP contribution is -2.09. The summed E-state index contributed by atoms with van der Waals surface area (Å²) in [5.74, 6) is -1.47. The summed E-state index contributed by atoms with van der Waals surface area (Å²) < 4.78 is 17.4. The van der Waals surface area contributed by atoms with E-state index in [1.54, 1.807) is 0 Å². The van der Waals surface area contributed by atoms with Crippen LogP contribution in [-0.4, -0.2) is 18.9 Å².